The van der Waals surface area contributed by atoms with Crippen molar-refractivity contribution in [1.82, 2.24) is 4.90 Å². The van der Waals surface area contributed by atoms with Gasteiger partial charge in [0.25, 0.3) is 5.91 Å². The first-order valence-corrected chi connectivity index (χ1v) is 6.37. The molecule has 21 heavy (non-hydrogen) atoms. The maximum absolute atomic E-state index is 12.8. The standard InChI is InChI=1S/C13H16F3N3O2/c1-19(9-4-5-21-7-9)12(20)10-6-8(13(14,15)16)2-3-11(10)18-17/h2-3,6,9,18H,4-5,7,17H2,1H3. The highest BCUT2D eigenvalue weighted by Gasteiger charge is 2.33. The molecule has 0 radical (unpaired) electrons. The van der Waals surface area contributed by atoms with Crippen LogP contribution in [0.3, 0.4) is 0 Å². The average molecular weight is 303 g/mol. The first kappa shape index (κ1) is 15.6. The third kappa shape index (κ3) is 3.27. The van der Waals surface area contributed by atoms with Gasteiger partial charge in [0.2, 0.25) is 0 Å². The molecule has 1 fully saturated rings. The molecule has 1 aliphatic heterocycles. The van der Waals surface area contributed by atoms with Crippen molar-refractivity contribution in [3.8, 4) is 0 Å². The van der Waals surface area contributed by atoms with E-state index in [-0.39, 0.29) is 17.3 Å². The van der Waals surface area contributed by atoms with Gasteiger partial charge in [0.15, 0.2) is 0 Å². The molecule has 1 unspecified atom stereocenters. The number of anilines is 1. The molecule has 1 aliphatic rings. The number of hydrazine groups is 1. The normalized spacial score (nSPS) is 18.6. The van der Waals surface area contributed by atoms with Gasteiger partial charge in [0, 0.05) is 13.7 Å². The van der Waals surface area contributed by atoms with E-state index in [9.17, 15) is 18.0 Å². The number of halogens is 3. The highest BCUT2D eigenvalue weighted by atomic mass is 19.4. The van der Waals surface area contributed by atoms with Gasteiger partial charge in [-0.3, -0.25) is 10.6 Å². The summed E-state index contributed by atoms with van der Waals surface area (Å²) in [7, 11) is 1.54. The smallest absolute Gasteiger partial charge is 0.379 e. The van der Waals surface area contributed by atoms with Gasteiger partial charge >= 0.3 is 6.18 Å². The van der Waals surface area contributed by atoms with Crippen molar-refractivity contribution in [3.05, 3.63) is 29.3 Å². The topological polar surface area (TPSA) is 67.6 Å². The fourth-order valence-corrected chi connectivity index (χ4v) is 2.21. The molecule has 1 saturated heterocycles. The molecule has 2 rings (SSSR count). The zero-order valence-electron chi connectivity index (χ0n) is 11.4. The Morgan fingerprint density at radius 2 is 2.19 bits per heavy atom. The first-order chi connectivity index (χ1) is 9.84. The van der Waals surface area contributed by atoms with Crippen molar-refractivity contribution in [2.45, 2.75) is 18.6 Å². The van der Waals surface area contributed by atoms with Crippen molar-refractivity contribution in [3.63, 3.8) is 0 Å². The summed E-state index contributed by atoms with van der Waals surface area (Å²) in [4.78, 5) is 13.8. The quantitative estimate of drug-likeness (QED) is 0.660. The van der Waals surface area contributed by atoms with E-state index in [1.807, 2.05) is 0 Å². The number of carbonyl (C=O) groups excluding carboxylic acids is 1. The van der Waals surface area contributed by atoms with Gasteiger partial charge in [-0.25, -0.2) is 0 Å². The van der Waals surface area contributed by atoms with Crippen molar-refractivity contribution in [2.24, 2.45) is 5.84 Å². The molecule has 1 aromatic rings. The Balaban J connectivity index is 2.33. The van der Waals surface area contributed by atoms with Crippen LogP contribution in [-0.2, 0) is 10.9 Å². The van der Waals surface area contributed by atoms with Gasteiger partial charge in [-0.05, 0) is 24.6 Å². The van der Waals surface area contributed by atoms with E-state index in [2.05, 4.69) is 5.43 Å². The Morgan fingerprint density at radius 3 is 2.71 bits per heavy atom. The molecule has 8 heteroatoms. The van der Waals surface area contributed by atoms with Crippen molar-refractivity contribution < 1.29 is 22.7 Å². The number of rotatable bonds is 3. The second kappa shape index (κ2) is 5.90. The number of amides is 1. The Bertz CT molecular complexity index is 528. The van der Waals surface area contributed by atoms with Gasteiger partial charge in [-0.1, -0.05) is 0 Å². The number of alkyl halides is 3. The summed E-state index contributed by atoms with van der Waals surface area (Å²) in [5, 5.41) is 0. The number of nitrogens with zero attached hydrogens (tertiary/aromatic N) is 1. The number of benzene rings is 1. The van der Waals surface area contributed by atoms with Crippen LogP contribution in [0.1, 0.15) is 22.3 Å². The summed E-state index contributed by atoms with van der Waals surface area (Å²) < 4.78 is 43.5. The number of hydrogen-bond acceptors (Lipinski definition) is 4. The van der Waals surface area contributed by atoms with Crippen LogP contribution in [0.4, 0.5) is 18.9 Å². The predicted octanol–water partition coefficient (Wildman–Crippen LogP) is 1.85. The second-order valence-corrected chi connectivity index (χ2v) is 4.84. The van der Waals surface area contributed by atoms with E-state index in [1.54, 1.807) is 7.05 Å². The lowest BCUT2D eigenvalue weighted by molar-refractivity contribution is -0.137. The molecule has 0 aliphatic carbocycles. The largest absolute Gasteiger partial charge is 0.416 e. The SMILES string of the molecule is CN(C(=O)c1cc(C(F)(F)F)ccc1NN)C1CCOC1. The molecule has 0 aromatic heterocycles. The molecule has 0 bridgehead atoms. The minimum atomic E-state index is -4.52. The summed E-state index contributed by atoms with van der Waals surface area (Å²) in [5.74, 6) is 4.75. The highest BCUT2D eigenvalue weighted by Crippen LogP contribution is 2.32. The molecule has 1 heterocycles. The van der Waals surface area contributed by atoms with E-state index >= 15 is 0 Å². The number of carbonyl (C=O) groups is 1. The number of hydrogen-bond donors (Lipinski definition) is 2. The van der Waals surface area contributed by atoms with E-state index in [0.717, 1.165) is 18.2 Å². The molecule has 1 amide bonds. The first-order valence-electron chi connectivity index (χ1n) is 6.37. The van der Waals surface area contributed by atoms with Crippen molar-refractivity contribution in [1.29, 1.82) is 0 Å². The van der Waals surface area contributed by atoms with Crippen LogP contribution in [-0.4, -0.2) is 37.1 Å². The maximum atomic E-state index is 12.8. The number of nitrogens with one attached hydrogen (secondary N) is 1. The lowest BCUT2D eigenvalue weighted by Gasteiger charge is -2.24. The van der Waals surface area contributed by atoms with E-state index in [1.165, 1.54) is 4.90 Å². The summed E-state index contributed by atoms with van der Waals surface area (Å²) >= 11 is 0. The third-order valence-corrected chi connectivity index (χ3v) is 3.51. The van der Waals surface area contributed by atoms with Crippen LogP contribution in [0.25, 0.3) is 0 Å². The lowest BCUT2D eigenvalue weighted by Crippen LogP contribution is -2.38. The minimum absolute atomic E-state index is 0.110. The van der Waals surface area contributed by atoms with Crippen LogP contribution in [0.2, 0.25) is 0 Å². The maximum Gasteiger partial charge on any atom is 0.416 e. The van der Waals surface area contributed by atoms with E-state index in [4.69, 9.17) is 10.6 Å². The molecule has 3 N–H and O–H groups in total. The fourth-order valence-electron chi connectivity index (χ4n) is 2.21. The Hall–Kier alpha value is -1.80. The van der Waals surface area contributed by atoms with Crippen molar-refractivity contribution >= 4 is 11.6 Å². The zero-order valence-corrected chi connectivity index (χ0v) is 11.4. The van der Waals surface area contributed by atoms with Gasteiger partial charge in [0.05, 0.1) is 29.5 Å². The molecular weight excluding hydrogens is 287 g/mol. The van der Waals surface area contributed by atoms with Crippen LogP contribution >= 0.6 is 0 Å². The van der Waals surface area contributed by atoms with Gasteiger partial charge in [-0.2, -0.15) is 13.2 Å². The third-order valence-electron chi connectivity index (χ3n) is 3.51. The summed E-state index contributed by atoms with van der Waals surface area (Å²) in [6.07, 6.45) is -3.86. The summed E-state index contributed by atoms with van der Waals surface area (Å²) in [5.41, 5.74) is 1.41. The monoisotopic (exact) mass is 303 g/mol. The Labute approximate surface area is 119 Å². The molecule has 0 saturated carbocycles. The van der Waals surface area contributed by atoms with Crippen LogP contribution < -0.4 is 11.3 Å². The highest BCUT2D eigenvalue weighted by molar-refractivity contribution is 5.99. The number of nitrogen functional groups attached to an aromatic ring is 1. The lowest BCUT2D eigenvalue weighted by atomic mass is 10.1. The van der Waals surface area contributed by atoms with Crippen LogP contribution in [0.15, 0.2) is 18.2 Å². The van der Waals surface area contributed by atoms with Gasteiger partial charge in [-0.15, -0.1) is 0 Å². The predicted molar refractivity (Wildman–Crippen MR) is 70.6 cm³/mol. The van der Waals surface area contributed by atoms with E-state index < -0.39 is 17.6 Å². The minimum Gasteiger partial charge on any atom is -0.379 e. The fraction of sp³-hybridized carbons (Fsp3) is 0.462. The Morgan fingerprint density at radius 1 is 1.48 bits per heavy atom. The molecule has 1 atom stereocenters. The molecule has 116 valence electrons. The van der Waals surface area contributed by atoms with Gasteiger partial charge < -0.3 is 15.1 Å². The average Bonchev–Trinajstić information content (AvgIpc) is 2.98. The number of likely N-dealkylation sites (N-methyl/N-ethyl adjacent to an activating group) is 1. The Kier molecular flexibility index (Phi) is 4.38. The molecular formula is C13H16F3N3O2. The summed E-state index contributed by atoms with van der Waals surface area (Å²) in [6.45, 7) is 0.916. The van der Waals surface area contributed by atoms with Crippen LogP contribution in [0, 0.1) is 0 Å². The van der Waals surface area contributed by atoms with Gasteiger partial charge in [0.1, 0.15) is 0 Å². The van der Waals surface area contributed by atoms with E-state index in [0.29, 0.717) is 19.6 Å². The van der Waals surface area contributed by atoms with Crippen LogP contribution in [0.5, 0.6) is 0 Å². The second-order valence-electron chi connectivity index (χ2n) is 4.84. The number of ether oxygens (including phenoxy) is 1. The molecule has 5 nitrogen and oxygen atoms in total. The molecule has 1 aromatic carbocycles. The number of nitrogens with two attached hydrogens (primary N) is 1. The van der Waals surface area contributed by atoms with Crippen molar-refractivity contribution in [2.75, 3.05) is 25.7 Å². The summed E-state index contributed by atoms with van der Waals surface area (Å²) in [6, 6.07) is 2.70. The molecule has 0 spiro atoms. The zero-order chi connectivity index (χ0) is 15.6.